The number of nitrogen functional groups attached to an aromatic ring is 1. The summed E-state index contributed by atoms with van der Waals surface area (Å²) in [7, 11) is 1.90. The predicted octanol–water partition coefficient (Wildman–Crippen LogP) is 1.87. The van der Waals surface area contributed by atoms with Crippen LogP contribution >= 0.6 is 15.9 Å². The Morgan fingerprint density at radius 2 is 2.21 bits per heavy atom. The number of hydrogen-bond acceptors (Lipinski definition) is 4. The van der Waals surface area contributed by atoms with E-state index in [1.807, 2.05) is 30.8 Å². The number of halogens is 1. The quantitative estimate of drug-likeness (QED) is 0.782. The highest BCUT2D eigenvalue weighted by Crippen LogP contribution is 2.21. The standard InChI is InChI=1S/C12H13BrN6/c1-7-8(5-18(2)17-7)6-19-11-10(16-12(19)14)3-9(13)4-15-11/h3-5H,6H2,1-2H3,(H2,14,16). The number of aromatic nitrogens is 5. The summed E-state index contributed by atoms with van der Waals surface area (Å²) >= 11 is 3.38. The van der Waals surface area contributed by atoms with Crippen molar-refractivity contribution < 1.29 is 0 Å². The lowest BCUT2D eigenvalue weighted by Gasteiger charge is -2.04. The van der Waals surface area contributed by atoms with Crippen molar-refractivity contribution in [3.8, 4) is 0 Å². The van der Waals surface area contributed by atoms with Crippen molar-refractivity contribution in [2.24, 2.45) is 7.05 Å². The number of pyridine rings is 1. The molecule has 0 unspecified atom stereocenters. The molecule has 0 aromatic carbocycles. The highest BCUT2D eigenvalue weighted by Gasteiger charge is 2.12. The van der Waals surface area contributed by atoms with E-state index in [1.165, 1.54) is 0 Å². The minimum atomic E-state index is 0.462. The lowest BCUT2D eigenvalue weighted by Crippen LogP contribution is -2.05. The molecule has 3 rings (SSSR count). The Bertz CT molecular complexity index is 757. The van der Waals surface area contributed by atoms with Crippen LogP contribution in [0.3, 0.4) is 0 Å². The Morgan fingerprint density at radius 3 is 2.89 bits per heavy atom. The molecule has 0 bridgehead atoms. The number of anilines is 1. The van der Waals surface area contributed by atoms with Gasteiger partial charge in [-0.15, -0.1) is 0 Å². The van der Waals surface area contributed by atoms with Crippen molar-refractivity contribution in [1.82, 2.24) is 24.3 Å². The minimum absolute atomic E-state index is 0.462. The third-order valence-electron chi connectivity index (χ3n) is 3.02. The smallest absolute Gasteiger partial charge is 0.202 e. The number of aryl methyl sites for hydroxylation is 2. The Kier molecular flexibility index (Phi) is 2.78. The molecule has 0 aliphatic rings. The summed E-state index contributed by atoms with van der Waals surface area (Å²) in [5, 5.41) is 4.33. The van der Waals surface area contributed by atoms with E-state index in [0.29, 0.717) is 12.5 Å². The fourth-order valence-electron chi connectivity index (χ4n) is 2.13. The number of hydrogen-bond donors (Lipinski definition) is 1. The van der Waals surface area contributed by atoms with Crippen LogP contribution in [-0.4, -0.2) is 24.3 Å². The molecule has 0 atom stereocenters. The third-order valence-corrected chi connectivity index (χ3v) is 3.46. The van der Waals surface area contributed by atoms with E-state index in [2.05, 4.69) is 31.0 Å². The van der Waals surface area contributed by atoms with E-state index >= 15 is 0 Å². The Hall–Kier alpha value is -1.89. The lowest BCUT2D eigenvalue weighted by atomic mass is 10.2. The van der Waals surface area contributed by atoms with E-state index in [0.717, 1.165) is 26.9 Å². The Labute approximate surface area is 118 Å². The molecule has 7 heteroatoms. The van der Waals surface area contributed by atoms with Gasteiger partial charge in [0.2, 0.25) is 5.95 Å². The second-order valence-corrected chi connectivity index (χ2v) is 5.38. The van der Waals surface area contributed by atoms with E-state index in [-0.39, 0.29) is 0 Å². The maximum absolute atomic E-state index is 5.98. The minimum Gasteiger partial charge on any atom is -0.369 e. The van der Waals surface area contributed by atoms with Crippen molar-refractivity contribution in [1.29, 1.82) is 0 Å². The molecule has 0 saturated carbocycles. The first-order valence-corrected chi connectivity index (χ1v) is 6.60. The van der Waals surface area contributed by atoms with Gasteiger partial charge in [0.05, 0.1) is 12.2 Å². The molecular formula is C12H13BrN6. The molecule has 3 heterocycles. The number of fused-ring (bicyclic) bond motifs is 1. The molecule has 3 aromatic heterocycles. The topological polar surface area (TPSA) is 74.5 Å². The number of rotatable bonds is 2. The van der Waals surface area contributed by atoms with Crippen LogP contribution in [0.5, 0.6) is 0 Å². The van der Waals surface area contributed by atoms with Crippen molar-refractivity contribution >= 4 is 33.0 Å². The van der Waals surface area contributed by atoms with Crippen LogP contribution in [0.4, 0.5) is 5.95 Å². The number of imidazole rings is 1. The molecule has 0 fully saturated rings. The lowest BCUT2D eigenvalue weighted by molar-refractivity contribution is 0.756. The average molecular weight is 321 g/mol. The van der Waals surface area contributed by atoms with Crippen LogP contribution in [0, 0.1) is 6.92 Å². The van der Waals surface area contributed by atoms with Gasteiger partial charge in [0.1, 0.15) is 5.52 Å². The van der Waals surface area contributed by atoms with E-state index in [9.17, 15) is 0 Å². The molecule has 3 aromatic rings. The fourth-order valence-corrected chi connectivity index (χ4v) is 2.45. The van der Waals surface area contributed by atoms with Crippen LogP contribution < -0.4 is 5.73 Å². The van der Waals surface area contributed by atoms with Crippen LogP contribution in [-0.2, 0) is 13.6 Å². The zero-order chi connectivity index (χ0) is 13.6. The van der Waals surface area contributed by atoms with Crippen molar-refractivity contribution in [2.45, 2.75) is 13.5 Å². The van der Waals surface area contributed by atoms with E-state index < -0.39 is 0 Å². The summed E-state index contributed by atoms with van der Waals surface area (Å²) in [6.45, 7) is 2.60. The predicted molar refractivity (Wildman–Crippen MR) is 76.7 cm³/mol. The summed E-state index contributed by atoms with van der Waals surface area (Å²) in [6, 6.07) is 1.91. The molecule has 98 valence electrons. The first-order valence-electron chi connectivity index (χ1n) is 5.81. The van der Waals surface area contributed by atoms with Gasteiger partial charge in [-0.1, -0.05) is 0 Å². The van der Waals surface area contributed by atoms with Gasteiger partial charge < -0.3 is 5.73 Å². The van der Waals surface area contributed by atoms with Gasteiger partial charge in [0.15, 0.2) is 5.65 Å². The molecule has 0 aliphatic heterocycles. The van der Waals surface area contributed by atoms with Gasteiger partial charge in [0, 0.05) is 29.5 Å². The second-order valence-electron chi connectivity index (χ2n) is 4.47. The Morgan fingerprint density at radius 1 is 1.42 bits per heavy atom. The first-order chi connectivity index (χ1) is 9.04. The molecule has 6 nitrogen and oxygen atoms in total. The molecule has 19 heavy (non-hydrogen) atoms. The van der Waals surface area contributed by atoms with Gasteiger partial charge in [-0.3, -0.25) is 9.25 Å². The molecule has 0 radical (unpaired) electrons. The van der Waals surface area contributed by atoms with Crippen LogP contribution in [0.2, 0.25) is 0 Å². The molecule has 0 amide bonds. The Balaban J connectivity index is 2.10. The summed E-state index contributed by atoms with van der Waals surface area (Å²) in [5.74, 6) is 0.462. The highest BCUT2D eigenvalue weighted by molar-refractivity contribution is 9.10. The second kappa shape index (κ2) is 4.34. The molecule has 2 N–H and O–H groups in total. The summed E-state index contributed by atoms with van der Waals surface area (Å²) < 4.78 is 4.58. The van der Waals surface area contributed by atoms with E-state index in [1.54, 1.807) is 10.9 Å². The monoisotopic (exact) mass is 320 g/mol. The normalized spacial score (nSPS) is 11.3. The zero-order valence-electron chi connectivity index (χ0n) is 10.6. The fraction of sp³-hybridized carbons (Fsp3) is 0.250. The largest absolute Gasteiger partial charge is 0.369 e. The molecular weight excluding hydrogens is 308 g/mol. The number of nitrogens with two attached hydrogens (primary N) is 1. The summed E-state index contributed by atoms with van der Waals surface area (Å²) in [6.07, 6.45) is 3.73. The van der Waals surface area contributed by atoms with E-state index in [4.69, 9.17) is 5.73 Å². The van der Waals surface area contributed by atoms with Crippen molar-refractivity contribution in [2.75, 3.05) is 5.73 Å². The van der Waals surface area contributed by atoms with Gasteiger partial charge in [-0.05, 0) is 28.9 Å². The van der Waals surface area contributed by atoms with Crippen molar-refractivity contribution in [3.05, 3.63) is 34.2 Å². The maximum atomic E-state index is 5.98. The van der Waals surface area contributed by atoms with Crippen LogP contribution in [0.25, 0.3) is 11.2 Å². The first kappa shape index (κ1) is 12.2. The van der Waals surface area contributed by atoms with Gasteiger partial charge in [0.25, 0.3) is 0 Å². The average Bonchev–Trinajstić information content (AvgIpc) is 2.80. The zero-order valence-corrected chi connectivity index (χ0v) is 12.2. The molecule has 0 aliphatic carbocycles. The van der Waals surface area contributed by atoms with Crippen LogP contribution in [0.15, 0.2) is 22.9 Å². The summed E-state index contributed by atoms with van der Waals surface area (Å²) in [5.41, 5.74) is 9.64. The van der Waals surface area contributed by atoms with Gasteiger partial charge in [-0.25, -0.2) is 9.97 Å². The van der Waals surface area contributed by atoms with Crippen molar-refractivity contribution in [3.63, 3.8) is 0 Å². The summed E-state index contributed by atoms with van der Waals surface area (Å²) in [4.78, 5) is 8.71. The number of nitrogens with zero attached hydrogens (tertiary/aromatic N) is 5. The van der Waals surface area contributed by atoms with Gasteiger partial charge in [-0.2, -0.15) is 5.10 Å². The third kappa shape index (κ3) is 2.10. The van der Waals surface area contributed by atoms with Crippen LogP contribution in [0.1, 0.15) is 11.3 Å². The SMILES string of the molecule is Cc1nn(C)cc1Cn1c(N)nc2cc(Br)cnc21. The maximum Gasteiger partial charge on any atom is 0.202 e. The molecule has 0 saturated heterocycles. The molecule has 0 spiro atoms. The van der Waals surface area contributed by atoms with Gasteiger partial charge >= 0.3 is 0 Å². The highest BCUT2D eigenvalue weighted by atomic mass is 79.9.